The fourth-order valence-corrected chi connectivity index (χ4v) is 1.77. The quantitative estimate of drug-likeness (QED) is 0.783. The number of nitrogens with zero attached hydrogens (tertiary/aromatic N) is 2. The molecule has 0 saturated heterocycles. The van der Waals surface area contributed by atoms with Gasteiger partial charge >= 0.3 is 0 Å². The maximum Gasteiger partial charge on any atom is 0.128 e. The van der Waals surface area contributed by atoms with Gasteiger partial charge in [-0.15, -0.1) is 0 Å². The summed E-state index contributed by atoms with van der Waals surface area (Å²) in [6, 6.07) is 4.76. The molecule has 0 bridgehead atoms. The van der Waals surface area contributed by atoms with E-state index in [0.29, 0.717) is 12.6 Å². The average molecular weight is 221 g/mol. The molecule has 0 aliphatic heterocycles. The Hall–Kier alpha value is -1.13. The van der Waals surface area contributed by atoms with Gasteiger partial charge in [0.2, 0.25) is 0 Å². The molecule has 88 valence electrons. The van der Waals surface area contributed by atoms with Crippen molar-refractivity contribution in [1.29, 1.82) is 0 Å². The minimum Gasteiger partial charge on any atom is -0.383 e. The van der Waals surface area contributed by atoms with Crippen molar-refractivity contribution in [1.82, 2.24) is 4.98 Å². The SMILES string of the molecule is COCCN(c1ccc(CN)cn1)C1CC1. The highest BCUT2D eigenvalue weighted by Gasteiger charge is 2.29. The average Bonchev–Trinajstić information content (AvgIpc) is 3.15. The van der Waals surface area contributed by atoms with Crippen molar-refractivity contribution in [3.05, 3.63) is 23.9 Å². The van der Waals surface area contributed by atoms with Gasteiger partial charge in [-0.25, -0.2) is 4.98 Å². The highest BCUT2D eigenvalue weighted by Crippen LogP contribution is 2.30. The second-order valence-electron chi connectivity index (χ2n) is 4.15. The lowest BCUT2D eigenvalue weighted by molar-refractivity contribution is 0.204. The van der Waals surface area contributed by atoms with Gasteiger partial charge in [-0.2, -0.15) is 0 Å². The van der Waals surface area contributed by atoms with Gasteiger partial charge in [-0.3, -0.25) is 0 Å². The first-order valence-electron chi connectivity index (χ1n) is 5.75. The topological polar surface area (TPSA) is 51.4 Å². The smallest absolute Gasteiger partial charge is 0.128 e. The highest BCUT2D eigenvalue weighted by molar-refractivity contribution is 5.42. The fraction of sp³-hybridized carbons (Fsp3) is 0.583. The summed E-state index contributed by atoms with van der Waals surface area (Å²) in [5, 5.41) is 0. The molecule has 0 atom stereocenters. The van der Waals surface area contributed by atoms with Crippen LogP contribution in [0.2, 0.25) is 0 Å². The molecule has 1 aromatic heterocycles. The maximum atomic E-state index is 5.55. The van der Waals surface area contributed by atoms with Crippen molar-refractivity contribution in [2.45, 2.75) is 25.4 Å². The third-order valence-electron chi connectivity index (χ3n) is 2.86. The molecule has 1 fully saturated rings. The Morgan fingerprint density at radius 1 is 1.50 bits per heavy atom. The first-order valence-corrected chi connectivity index (χ1v) is 5.75. The summed E-state index contributed by atoms with van der Waals surface area (Å²) in [6.45, 7) is 2.21. The molecule has 4 heteroatoms. The maximum absolute atomic E-state index is 5.55. The third kappa shape index (κ3) is 2.71. The van der Waals surface area contributed by atoms with Crippen LogP contribution in [0.15, 0.2) is 18.3 Å². The van der Waals surface area contributed by atoms with Crippen LogP contribution in [0.3, 0.4) is 0 Å². The van der Waals surface area contributed by atoms with Crippen LogP contribution in [-0.4, -0.2) is 31.3 Å². The lowest BCUT2D eigenvalue weighted by Gasteiger charge is -2.23. The number of nitrogens with two attached hydrogens (primary N) is 1. The Balaban J connectivity index is 2.05. The molecule has 1 saturated carbocycles. The number of hydrogen-bond acceptors (Lipinski definition) is 4. The van der Waals surface area contributed by atoms with Crippen molar-refractivity contribution >= 4 is 5.82 Å². The monoisotopic (exact) mass is 221 g/mol. The number of hydrogen-bond donors (Lipinski definition) is 1. The normalized spacial score (nSPS) is 15.1. The van der Waals surface area contributed by atoms with Gasteiger partial charge in [0.1, 0.15) is 5.82 Å². The fourth-order valence-electron chi connectivity index (χ4n) is 1.77. The van der Waals surface area contributed by atoms with Gasteiger partial charge in [0.25, 0.3) is 0 Å². The van der Waals surface area contributed by atoms with E-state index in [9.17, 15) is 0 Å². The summed E-state index contributed by atoms with van der Waals surface area (Å²) in [7, 11) is 1.73. The zero-order valence-corrected chi connectivity index (χ0v) is 9.72. The number of aromatic nitrogens is 1. The highest BCUT2D eigenvalue weighted by atomic mass is 16.5. The number of ether oxygens (including phenoxy) is 1. The van der Waals surface area contributed by atoms with Crippen LogP contribution in [0.4, 0.5) is 5.82 Å². The van der Waals surface area contributed by atoms with Crippen LogP contribution in [0.5, 0.6) is 0 Å². The van der Waals surface area contributed by atoms with Gasteiger partial charge in [0.05, 0.1) is 6.61 Å². The van der Waals surface area contributed by atoms with Crippen molar-refractivity contribution < 1.29 is 4.74 Å². The summed E-state index contributed by atoms with van der Waals surface area (Å²) >= 11 is 0. The van der Waals surface area contributed by atoms with Gasteiger partial charge < -0.3 is 15.4 Å². The standard InChI is InChI=1S/C12H19N3O/c1-16-7-6-15(11-3-4-11)12-5-2-10(8-13)9-14-12/h2,5,9,11H,3-4,6-8,13H2,1H3. The minimum atomic E-state index is 0.550. The lowest BCUT2D eigenvalue weighted by atomic mass is 10.3. The van der Waals surface area contributed by atoms with Crippen LogP contribution in [-0.2, 0) is 11.3 Å². The predicted octanol–water partition coefficient (Wildman–Crippen LogP) is 1.16. The molecule has 0 spiro atoms. The van der Waals surface area contributed by atoms with Crippen molar-refractivity contribution in [2.75, 3.05) is 25.2 Å². The van der Waals surface area contributed by atoms with Crippen LogP contribution < -0.4 is 10.6 Å². The number of anilines is 1. The van der Waals surface area contributed by atoms with Crippen molar-refractivity contribution in [2.24, 2.45) is 5.73 Å². The number of methoxy groups -OCH3 is 1. The summed E-state index contributed by atoms with van der Waals surface area (Å²) in [4.78, 5) is 6.78. The molecule has 4 nitrogen and oxygen atoms in total. The zero-order valence-electron chi connectivity index (χ0n) is 9.72. The Labute approximate surface area is 96.4 Å². The third-order valence-corrected chi connectivity index (χ3v) is 2.86. The molecule has 2 rings (SSSR count). The Morgan fingerprint density at radius 2 is 2.31 bits per heavy atom. The van der Waals surface area contributed by atoms with Crippen molar-refractivity contribution in [3.8, 4) is 0 Å². The minimum absolute atomic E-state index is 0.550. The second-order valence-corrected chi connectivity index (χ2v) is 4.15. The largest absolute Gasteiger partial charge is 0.383 e. The summed E-state index contributed by atoms with van der Waals surface area (Å²) < 4.78 is 5.13. The molecule has 1 heterocycles. The molecule has 16 heavy (non-hydrogen) atoms. The summed E-state index contributed by atoms with van der Waals surface area (Å²) in [6.07, 6.45) is 4.39. The van der Waals surface area contributed by atoms with E-state index in [-0.39, 0.29) is 0 Å². The Kier molecular flexibility index (Phi) is 3.74. The molecule has 0 aromatic carbocycles. The molecule has 1 aliphatic rings. The second kappa shape index (κ2) is 5.27. The van der Waals surface area contributed by atoms with E-state index in [0.717, 1.165) is 24.5 Å². The summed E-state index contributed by atoms with van der Waals surface area (Å²) in [5.41, 5.74) is 6.63. The van der Waals surface area contributed by atoms with E-state index in [2.05, 4.69) is 16.0 Å². The molecule has 1 aliphatic carbocycles. The van der Waals surface area contributed by atoms with Crippen LogP contribution in [0, 0.1) is 0 Å². The van der Waals surface area contributed by atoms with E-state index in [4.69, 9.17) is 10.5 Å². The molecule has 0 unspecified atom stereocenters. The van der Waals surface area contributed by atoms with Crippen LogP contribution in [0.25, 0.3) is 0 Å². The number of pyridine rings is 1. The molecule has 0 amide bonds. The zero-order chi connectivity index (χ0) is 11.4. The number of rotatable bonds is 6. The van der Waals surface area contributed by atoms with Gasteiger partial charge in [-0.05, 0) is 24.5 Å². The molecule has 0 radical (unpaired) electrons. The van der Waals surface area contributed by atoms with E-state index in [1.165, 1.54) is 12.8 Å². The Morgan fingerprint density at radius 3 is 2.81 bits per heavy atom. The molecule has 2 N–H and O–H groups in total. The first kappa shape index (κ1) is 11.4. The van der Waals surface area contributed by atoms with Crippen LogP contribution >= 0.6 is 0 Å². The first-order chi connectivity index (χ1) is 7.85. The van der Waals surface area contributed by atoms with Gasteiger partial charge in [0, 0.05) is 32.4 Å². The van der Waals surface area contributed by atoms with Crippen LogP contribution in [0.1, 0.15) is 18.4 Å². The molecular weight excluding hydrogens is 202 g/mol. The van der Waals surface area contributed by atoms with E-state index in [1.807, 2.05) is 12.3 Å². The lowest BCUT2D eigenvalue weighted by Crippen LogP contribution is -2.30. The molecule has 1 aromatic rings. The van der Waals surface area contributed by atoms with Gasteiger partial charge in [-0.1, -0.05) is 6.07 Å². The Bertz CT molecular complexity index is 322. The molecular formula is C12H19N3O. The van der Waals surface area contributed by atoms with Crippen molar-refractivity contribution in [3.63, 3.8) is 0 Å². The van der Waals surface area contributed by atoms with E-state index in [1.54, 1.807) is 7.11 Å². The van der Waals surface area contributed by atoms with E-state index < -0.39 is 0 Å². The van der Waals surface area contributed by atoms with E-state index >= 15 is 0 Å². The summed E-state index contributed by atoms with van der Waals surface area (Å²) in [5.74, 6) is 1.04. The predicted molar refractivity (Wildman–Crippen MR) is 64.4 cm³/mol. The van der Waals surface area contributed by atoms with Gasteiger partial charge in [0.15, 0.2) is 0 Å².